The van der Waals surface area contributed by atoms with Crippen LogP contribution in [0.5, 0.6) is 0 Å². The molecule has 0 radical (unpaired) electrons. The molecule has 1 heterocycles. The highest BCUT2D eigenvalue weighted by atomic mass is 32.2. The van der Waals surface area contributed by atoms with Crippen LogP contribution in [0, 0.1) is 0 Å². The Balaban J connectivity index is 2.20. The highest BCUT2D eigenvalue weighted by Crippen LogP contribution is 2.23. The summed E-state index contributed by atoms with van der Waals surface area (Å²) in [5.41, 5.74) is 0.358. The van der Waals surface area contributed by atoms with Crippen molar-refractivity contribution in [3.05, 3.63) is 24.3 Å². The van der Waals surface area contributed by atoms with Gasteiger partial charge in [-0.25, -0.2) is 16.8 Å². The van der Waals surface area contributed by atoms with E-state index in [-0.39, 0.29) is 10.1 Å². The second kappa shape index (κ2) is 5.71. The van der Waals surface area contributed by atoms with Crippen molar-refractivity contribution < 1.29 is 16.8 Å². The Hall–Kier alpha value is -1.12. The Morgan fingerprint density at radius 2 is 1.60 bits per heavy atom. The van der Waals surface area contributed by atoms with Crippen molar-refractivity contribution in [2.75, 3.05) is 24.1 Å². The molecule has 2 rings (SSSR count). The van der Waals surface area contributed by atoms with Crippen LogP contribution in [-0.4, -0.2) is 41.4 Å². The van der Waals surface area contributed by atoms with E-state index in [9.17, 15) is 16.8 Å². The molecule has 2 N–H and O–H groups in total. The molecule has 112 valence electrons. The SMILES string of the molecule is CS(=O)(=O)Nc1ccc(S(=O)(=O)C2CCNCC2)cc1. The maximum atomic E-state index is 12.4. The summed E-state index contributed by atoms with van der Waals surface area (Å²) in [6, 6.07) is 5.83. The van der Waals surface area contributed by atoms with Crippen LogP contribution in [0.15, 0.2) is 29.2 Å². The van der Waals surface area contributed by atoms with Crippen LogP contribution in [0.2, 0.25) is 0 Å². The zero-order valence-corrected chi connectivity index (χ0v) is 12.8. The highest BCUT2D eigenvalue weighted by molar-refractivity contribution is 7.92. The molecule has 0 aromatic heterocycles. The van der Waals surface area contributed by atoms with E-state index in [1.165, 1.54) is 24.3 Å². The third kappa shape index (κ3) is 3.71. The predicted molar refractivity (Wildman–Crippen MR) is 78.0 cm³/mol. The number of anilines is 1. The molecule has 0 amide bonds. The molecule has 0 bridgehead atoms. The van der Waals surface area contributed by atoms with Crippen molar-refractivity contribution in [1.82, 2.24) is 5.32 Å². The maximum Gasteiger partial charge on any atom is 0.229 e. The zero-order chi connectivity index (χ0) is 14.8. The fourth-order valence-electron chi connectivity index (χ4n) is 2.22. The van der Waals surface area contributed by atoms with E-state index >= 15 is 0 Å². The summed E-state index contributed by atoms with van der Waals surface area (Å²) in [5.74, 6) is 0. The van der Waals surface area contributed by atoms with E-state index in [0.29, 0.717) is 31.6 Å². The van der Waals surface area contributed by atoms with Gasteiger partial charge in [0.1, 0.15) is 0 Å². The number of nitrogens with one attached hydrogen (secondary N) is 2. The van der Waals surface area contributed by atoms with Crippen LogP contribution in [-0.2, 0) is 19.9 Å². The van der Waals surface area contributed by atoms with Crippen molar-refractivity contribution in [2.24, 2.45) is 0 Å². The molecule has 0 aliphatic carbocycles. The molecular weight excluding hydrogens is 300 g/mol. The van der Waals surface area contributed by atoms with Gasteiger partial charge in [0, 0.05) is 5.69 Å². The van der Waals surface area contributed by atoms with Gasteiger partial charge in [0.05, 0.1) is 16.4 Å². The third-order valence-corrected chi connectivity index (χ3v) is 6.10. The van der Waals surface area contributed by atoms with E-state index in [1.54, 1.807) is 0 Å². The summed E-state index contributed by atoms with van der Waals surface area (Å²) in [4.78, 5) is 0.239. The quantitative estimate of drug-likeness (QED) is 0.847. The predicted octanol–water partition coefficient (Wildman–Crippen LogP) is 0.584. The van der Waals surface area contributed by atoms with Gasteiger partial charge < -0.3 is 5.32 Å². The molecule has 0 atom stereocenters. The van der Waals surface area contributed by atoms with Gasteiger partial charge in [0.2, 0.25) is 10.0 Å². The Kier molecular flexibility index (Phi) is 4.36. The molecular formula is C12H18N2O4S2. The van der Waals surface area contributed by atoms with Gasteiger partial charge in [-0.15, -0.1) is 0 Å². The standard InChI is InChI=1S/C12H18N2O4S2/c1-19(15,16)14-10-2-4-11(5-3-10)20(17,18)12-6-8-13-9-7-12/h2-5,12-14H,6-9H2,1H3. The minimum absolute atomic E-state index is 0.239. The topological polar surface area (TPSA) is 92.3 Å². The number of hydrogen-bond acceptors (Lipinski definition) is 5. The van der Waals surface area contributed by atoms with Crippen LogP contribution in [0.25, 0.3) is 0 Å². The smallest absolute Gasteiger partial charge is 0.229 e. The zero-order valence-electron chi connectivity index (χ0n) is 11.2. The fraction of sp³-hybridized carbons (Fsp3) is 0.500. The lowest BCUT2D eigenvalue weighted by Crippen LogP contribution is -2.35. The molecule has 1 fully saturated rings. The van der Waals surface area contributed by atoms with Crippen LogP contribution < -0.4 is 10.0 Å². The van der Waals surface area contributed by atoms with Gasteiger partial charge in [-0.05, 0) is 50.2 Å². The summed E-state index contributed by atoms with van der Waals surface area (Å²) in [5, 5.41) is 2.77. The fourth-order valence-corrected chi connectivity index (χ4v) is 4.55. The lowest BCUT2D eigenvalue weighted by Gasteiger charge is -2.22. The van der Waals surface area contributed by atoms with Crippen LogP contribution >= 0.6 is 0 Å². The van der Waals surface area contributed by atoms with E-state index in [1.807, 2.05) is 0 Å². The molecule has 6 nitrogen and oxygen atoms in total. The largest absolute Gasteiger partial charge is 0.317 e. The lowest BCUT2D eigenvalue weighted by molar-refractivity contribution is 0.496. The van der Waals surface area contributed by atoms with E-state index in [4.69, 9.17) is 0 Å². The first-order valence-corrected chi connectivity index (χ1v) is 9.75. The average molecular weight is 318 g/mol. The summed E-state index contributed by atoms with van der Waals surface area (Å²) in [6.07, 6.45) is 2.25. The minimum Gasteiger partial charge on any atom is -0.317 e. The number of piperidine rings is 1. The molecule has 1 aliphatic heterocycles. The lowest BCUT2D eigenvalue weighted by atomic mass is 10.2. The van der Waals surface area contributed by atoms with E-state index in [0.717, 1.165) is 6.26 Å². The molecule has 0 saturated carbocycles. The second-order valence-corrected chi connectivity index (χ2v) is 8.87. The van der Waals surface area contributed by atoms with Gasteiger partial charge in [-0.3, -0.25) is 4.72 Å². The molecule has 1 aliphatic rings. The maximum absolute atomic E-state index is 12.4. The monoisotopic (exact) mass is 318 g/mol. The van der Waals surface area contributed by atoms with Crippen LogP contribution in [0.1, 0.15) is 12.8 Å². The second-order valence-electron chi connectivity index (χ2n) is 4.89. The summed E-state index contributed by atoms with van der Waals surface area (Å²) in [6.45, 7) is 1.41. The molecule has 0 spiro atoms. The normalized spacial score (nSPS) is 17.9. The third-order valence-electron chi connectivity index (χ3n) is 3.21. The van der Waals surface area contributed by atoms with Crippen molar-refractivity contribution in [2.45, 2.75) is 23.0 Å². The van der Waals surface area contributed by atoms with Gasteiger partial charge >= 0.3 is 0 Å². The number of hydrogen-bond donors (Lipinski definition) is 2. The number of sulfonamides is 1. The molecule has 1 saturated heterocycles. The van der Waals surface area contributed by atoms with E-state index in [2.05, 4.69) is 10.0 Å². The molecule has 1 aromatic carbocycles. The van der Waals surface area contributed by atoms with Crippen molar-refractivity contribution in [3.8, 4) is 0 Å². The number of benzene rings is 1. The first-order valence-electron chi connectivity index (χ1n) is 6.31. The Labute approximate surface area is 119 Å². The summed E-state index contributed by atoms with van der Waals surface area (Å²) >= 11 is 0. The van der Waals surface area contributed by atoms with E-state index < -0.39 is 19.9 Å². The van der Waals surface area contributed by atoms with Crippen LogP contribution in [0.4, 0.5) is 5.69 Å². The van der Waals surface area contributed by atoms with Gasteiger partial charge in [0.15, 0.2) is 9.84 Å². The van der Waals surface area contributed by atoms with Gasteiger partial charge in [-0.1, -0.05) is 0 Å². The molecule has 20 heavy (non-hydrogen) atoms. The summed E-state index contributed by atoms with van der Waals surface area (Å²) < 4.78 is 49.3. The van der Waals surface area contributed by atoms with Crippen molar-refractivity contribution >= 4 is 25.5 Å². The number of sulfone groups is 1. The first kappa shape index (κ1) is 15.3. The Morgan fingerprint density at radius 3 is 2.10 bits per heavy atom. The Morgan fingerprint density at radius 1 is 1.05 bits per heavy atom. The molecule has 1 aromatic rings. The van der Waals surface area contributed by atoms with Gasteiger partial charge in [-0.2, -0.15) is 0 Å². The average Bonchev–Trinajstić information content (AvgIpc) is 2.38. The minimum atomic E-state index is -3.35. The molecule has 8 heteroatoms. The van der Waals surface area contributed by atoms with Crippen molar-refractivity contribution in [1.29, 1.82) is 0 Å². The first-order chi connectivity index (χ1) is 9.29. The Bertz CT molecular complexity index is 660. The van der Waals surface area contributed by atoms with Crippen LogP contribution in [0.3, 0.4) is 0 Å². The highest BCUT2D eigenvalue weighted by Gasteiger charge is 2.28. The van der Waals surface area contributed by atoms with Gasteiger partial charge in [0.25, 0.3) is 0 Å². The number of rotatable bonds is 4. The summed E-state index contributed by atoms with van der Waals surface area (Å²) in [7, 11) is -6.69. The molecule has 0 unspecified atom stereocenters. The van der Waals surface area contributed by atoms with Crippen molar-refractivity contribution in [3.63, 3.8) is 0 Å².